The third-order valence-electron chi connectivity index (χ3n) is 2.41. The summed E-state index contributed by atoms with van der Waals surface area (Å²) < 4.78 is 0. The van der Waals surface area contributed by atoms with E-state index in [9.17, 15) is 0 Å². The fraction of sp³-hybridized carbons (Fsp3) is 0.455. The van der Waals surface area contributed by atoms with Gasteiger partial charge in [0.2, 0.25) is 0 Å². The van der Waals surface area contributed by atoms with Gasteiger partial charge in [0.15, 0.2) is 0 Å². The van der Waals surface area contributed by atoms with Crippen LogP contribution in [0.25, 0.3) is 0 Å². The molecule has 2 heteroatoms. The van der Waals surface area contributed by atoms with E-state index in [1.807, 2.05) is 7.05 Å². The molecule has 13 heavy (non-hydrogen) atoms. The van der Waals surface area contributed by atoms with Gasteiger partial charge in [-0.25, -0.2) is 0 Å². The van der Waals surface area contributed by atoms with Gasteiger partial charge in [0.05, 0.1) is 6.17 Å². The van der Waals surface area contributed by atoms with Gasteiger partial charge in [0, 0.05) is 5.69 Å². The Morgan fingerprint density at radius 3 is 2.54 bits per heavy atom. The molecule has 2 nitrogen and oxygen atoms in total. The van der Waals surface area contributed by atoms with Gasteiger partial charge < -0.3 is 10.6 Å². The predicted molar refractivity (Wildman–Crippen MR) is 58.1 cm³/mol. The van der Waals surface area contributed by atoms with Crippen LogP contribution >= 0.6 is 0 Å². The maximum absolute atomic E-state index is 3.39. The molecule has 0 spiro atoms. The molecule has 0 radical (unpaired) electrons. The topological polar surface area (TPSA) is 24.1 Å². The van der Waals surface area contributed by atoms with E-state index in [1.165, 1.54) is 16.8 Å². The second kappa shape index (κ2) is 4.28. The fourth-order valence-electron chi connectivity index (χ4n) is 1.21. The van der Waals surface area contributed by atoms with Gasteiger partial charge in [0.1, 0.15) is 0 Å². The predicted octanol–water partition coefficient (Wildman–Crippen LogP) is 2.28. The van der Waals surface area contributed by atoms with Crippen LogP contribution in [-0.4, -0.2) is 13.2 Å². The number of benzene rings is 1. The molecule has 1 atom stereocenters. The van der Waals surface area contributed by atoms with E-state index < -0.39 is 0 Å². The summed E-state index contributed by atoms with van der Waals surface area (Å²) in [5, 5.41) is 6.54. The molecule has 0 aliphatic rings. The van der Waals surface area contributed by atoms with Gasteiger partial charge in [-0.3, -0.25) is 0 Å². The molecule has 1 aromatic rings. The quantitative estimate of drug-likeness (QED) is 0.694. The van der Waals surface area contributed by atoms with Crippen LogP contribution in [0.1, 0.15) is 18.1 Å². The molecule has 0 saturated heterocycles. The van der Waals surface area contributed by atoms with Crippen LogP contribution in [0.5, 0.6) is 0 Å². The summed E-state index contributed by atoms with van der Waals surface area (Å²) in [6, 6.07) is 6.31. The van der Waals surface area contributed by atoms with E-state index in [-0.39, 0.29) is 0 Å². The number of anilines is 1. The van der Waals surface area contributed by atoms with Gasteiger partial charge in [-0.15, -0.1) is 0 Å². The largest absolute Gasteiger partial charge is 0.370 e. The smallest absolute Gasteiger partial charge is 0.0736 e. The van der Waals surface area contributed by atoms with Gasteiger partial charge in [-0.1, -0.05) is 12.1 Å². The molecule has 0 bridgehead atoms. The fourth-order valence-corrected chi connectivity index (χ4v) is 1.21. The van der Waals surface area contributed by atoms with Gasteiger partial charge in [0.25, 0.3) is 0 Å². The van der Waals surface area contributed by atoms with Crippen molar-refractivity contribution in [3.05, 3.63) is 29.3 Å². The van der Waals surface area contributed by atoms with E-state index >= 15 is 0 Å². The van der Waals surface area contributed by atoms with Crippen molar-refractivity contribution < 1.29 is 0 Å². The lowest BCUT2D eigenvalue weighted by molar-refractivity contribution is 0.682. The third-order valence-corrected chi connectivity index (χ3v) is 2.41. The van der Waals surface area contributed by atoms with Crippen LogP contribution < -0.4 is 10.6 Å². The molecule has 1 aromatic carbocycles. The minimum atomic E-state index is 0.306. The molecule has 0 amide bonds. The average Bonchev–Trinajstić information content (AvgIpc) is 2.13. The zero-order valence-electron chi connectivity index (χ0n) is 8.81. The maximum Gasteiger partial charge on any atom is 0.0736 e. The molecule has 0 aromatic heterocycles. The number of rotatable bonds is 3. The van der Waals surface area contributed by atoms with E-state index in [1.54, 1.807) is 0 Å². The summed E-state index contributed by atoms with van der Waals surface area (Å²) in [4.78, 5) is 0. The molecular formula is C11H18N2. The minimum Gasteiger partial charge on any atom is -0.370 e. The Labute approximate surface area is 80.4 Å². The molecule has 0 aliphatic heterocycles. The Kier molecular flexibility index (Phi) is 3.32. The van der Waals surface area contributed by atoms with Gasteiger partial charge >= 0.3 is 0 Å². The highest BCUT2D eigenvalue weighted by Gasteiger charge is 2.02. The highest BCUT2D eigenvalue weighted by Crippen LogP contribution is 2.18. The molecule has 0 heterocycles. The standard InChI is InChI=1S/C11H18N2/c1-8-6-5-7-11(9(8)2)13-10(3)12-4/h5-7,10,12-13H,1-4H3. The van der Waals surface area contributed by atoms with Crippen molar-refractivity contribution in [1.29, 1.82) is 0 Å². The summed E-state index contributed by atoms with van der Waals surface area (Å²) in [6.45, 7) is 6.37. The zero-order valence-corrected chi connectivity index (χ0v) is 8.81. The molecule has 2 N–H and O–H groups in total. The number of aryl methyl sites for hydroxylation is 1. The molecule has 0 saturated carbocycles. The summed E-state index contributed by atoms with van der Waals surface area (Å²) in [7, 11) is 1.95. The third kappa shape index (κ3) is 2.46. The summed E-state index contributed by atoms with van der Waals surface area (Å²) in [5.41, 5.74) is 3.86. The minimum absolute atomic E-state index is 0.306. The second-order valence-electron chi connectivity index (χ2n) is 3.40. The number of hydrogen-bond donors (Lipinski definition) is 2. The lowest BCUT2D eigenvalue weighted by Gasteiger charge is -2.16. The molecule has 0 aliphatic carbocycles. The summed E-state index contributed by atoms with van der Waals surface area (Å²) in [5.74, 6) is 0. The SMILES string of the molecule is CNC(C)Nc1cccc(C)c1C. The first-order valence-electron chi connectivity index (χ1n) is 4.65. The first kappa shape index (κ1) is 10.1. The van der Waals surface area contributed by atoms with Crippen molar-refractivity contribution in [3.63, 3.8) is 0 Å². The van der Waals surface area contributed by atoms with Crippen molar-refractivity contribution >= 4 is 5.69 Å². The molecule has 0 fully saturated rings. The average molecular weight is 178 g/mol. The van der Waals surface area contributed by atoms with Gasteiger partial charge in [-0.05, 0) is 45.0 Å². The number of hydrogen-bond acceptors (Lipinski definition) is 2. The van der Waals surface area contributed by atoms with Crippen LogP contribution in [0.4, 0.5) is 5.69 Å². The normalized spacial score (nSPS) is 12.6. The van der Waals surface area contributed by atoms with Crippen molar-refractivity contribution in [3.8, 4) is 0 Å². The molecule has 72 valence electrons. The van der Waals surface area contributed by atoms with E-state index in [4.69, 9.17) is 0 Å². The van der Waals surface area contributed by atoms with Crippen LogP contribution in [0.3, 0.4) is 0 Å². The zero-order chi connectivity index (χ0) is 9.84. The van der Waals surface area contributed by atoms with Crippen LogP contribution in [0, 0.1) is 13.8 Å². The Morgan fingerprint density at radius 2 is 1.92 bits per heavy atom. The van der Waals surface area contributed by atoms with Crippen molar-refractivity contribution in [2.24, 2.45) is 0 Å². The highest BCUT2D eigenvalue weighted by atomic mass is 15.1. The first-order valence-corrected chi connectivity index (χ1v) is 4.65. The monoisotopic (exact) mass is 178 g/mol. The summed E-state index contributed by atoms with van der Waals surface area (Å²) >= 11 is 0. The van der Waals surface area contributed by atoms with Crippen molar-refractivity contribution in [2.45, 2.75) is 26.9 Å². The molecule has 1 rings (SSSR count). The molecular weight excluding hydrogens is 160 g/mol. The van der Waals surface area contributed by atoms with E-state index in [0.717, 1.165) is 0 Å². The van der Waals surface area contributed by atoms with E-state index in [0.29, 0.717) is 6.17 Å². The van der Waals surface area contributed by atoms with Crippen molar-refractivity contribution in [2.75, 3.05) is 12.4 Å². The number of nitrogens with one attached hydrogen (secondary N) is 2. The van der Waals surface area contributed by atoms with Gasteiger partial charge in [-0.2, -0.15) is 0 Å². The van der Waals surface area contributed by atoms with E-state index in [2.05, 4.69) is 49.6 Å². The highest BCUT2D eigenvalue weighted by molar-refractivity contribution is 5.54. The Bertz CT molecular complexity index is 281. The van der Waals surface area contributed by atoms with Crippen LogP contribution in [0.2, 0.25) is 0 Å². The van der Waals surface area contributed by atoms with Crippen LogP contribution in [-0.2, 0) is 0 Å². The lowest BCUT2D eigenvalue weighted by Crippen LogP contribution is -2.30. The molecule has 1 unspecified atom stereocenters. The Hall–Kier alpha value is -1.02. The maximum atomic E-state index is 3.39. The van der Waals surface area contributed by atoms with Crippen molar-refractivity contribution in [1.82, 2.24) is 5.32 Å². The Morgan fingerprint density at radius 1 is 1.23 bits per heavy atom. The van der Waals surface area contributed by atoms with Crippen LogP contribution in [0.15, 0.2) is 18.2 Å². The lowest BCUT2D eigenvalue weighted by atomic mass is 10.1. The first-order chi connectivity index (χ1) is 6.15. The Balaban J connectivity index is 2.83. The summed E-state index contributed by atoms with van der Waals surface area (Å²) in [6.07, 6.45) is 0.306. The second-order valence-corrected chi connectivity index (χ2v) is 3.40.